The fourth-order valence-electron chi connectivity index (χ4n) is 10.9. The number of phenols is 1. The van der Waals surface area contributed by atoms with Gasteiger partial charge in [-0.15, -0.1) is 21.5 Å². The van der Waals surface area contributed by atoms with Crippen LogP contribution in [0.5, 0.6) is 5.75 Å². The molecule has 2 unspecified atom stereocenters. The molecule has 3 aliphatic heterocycles. The average Bonchev–Trinajstić information content (AvgIpc) is 4.04. The largest absolute Gasteiger partial charge is 0.507 e. The molecule has 17 nitrogen and oxygen atoms in total. The van der Waals surface area contributed by atoms with E-state index in [-0.39, 0.29) is 61.0 Å². The molecule has 18 heteroatoms. The topological polar surface area (TPSA) is 219 Å². The lowest BCUT2D eigenvalue weighted by Crippen LogP contribution is -2.58. The van der Waals surface area contributed by atoms with Crippen LogP contribution in [0.2, 0.25) is 0 Å². The van der Waals surface area contributed by atoms with Crippen molar-refractivity contribution in [3.63, 3.8) is 0 Å². The Hall–Kier alpha value is -6.24. The summed E-state index contributed by atoms with van der Waals surface area (Å²) in [7, 11) is 2.11. The van der Waals surface area contributed by atoms with Gasteiger partial charge in [0.2, 0.25) is 23.7 Å². The first-order chi connectivity index (χ1) is 33.6. The maximum Gasteiger partial charge on any atom is 0.246 e. The number of nitrogens with one attached hydrogen (secondary N) is 2. The molecule has 5 aromatic rings. The van der Waals surface area contributed by atoms with Gasteiger partial charge in [-0.1, -0.05) is 57.2 Å². The van der Waals surface area contributed by atoms with E-state index >= 15 is 0 Å². The van der Waals surface area contributed by atoms with Crippen molar-refractivity contribution in [2.45, 2.75) is 116 Å². The number of likely N-dealkylation sites (tertiary alicyclic amines) is 1. The first-order valence-corrected chi connectivity index (χ1v) is 25.5. The number of nitrogens with zero attached hydrogens (tertiary/aromatic N) is 9. The molecular weight excluding hydrogens is 905 g/mol. The minimum absolute atomic E-state index is 0.0303. The first kappa shape index (κ1) is 48.8. The van der Waals surface area contributed by atoms with E-state index in [1.54, 1.807) is 23.5 Å². The van der Waals surface area contributed by atoms with Crippen LogP contribution in [0.3, 0.4) is 0 Å². The van der Waals surface area contributed by atoms with Gasteiger partial charge in [-0.3, -0.25) is 14.4 Å². The normalized spacial score (nSPS) is 22.9. The summed E-state index contributed by atoms with van der Waals surface area (Å²) in [4.78, 5) is 65.3. The van der Waals surface area contributed by atoms with Crippen LogP contribution < -0.4 is 26.2 Å². The zero-order valence-corrected chi connectivity index (χ0v) is 41.6. The third kappa shape index (κ3) is 10.7. The van der Waals surface area contributed by atoms with Crippen molar-refractivity contribution in [2.24, 2.45) is 17.3 Å². The second-order valence-corrected chi connectivity index (χ2v) is 21.8. The Morgan fingerprint density at radius 1 is 0.900 bits per heavy atom. The van der Waals surface area contributed by atoms with Crippen molar-refractivity contribution in [2.75, 3.05) is 48.8 Å². The van der Waals surface area contributed by atoms with E-state index in [9.17, 15) is 24.6 Å². The summed E-state index contributed by atoms with van der Waals surface area (Å²) >= 11 is 1.59. The number of β-amino-alcohol motifs (C(OH)–C–C–N with tert-alkyl or cyclic N) is 1. The number of aryl methyl sites for hydroxylation is 1. The van der Waals surface area contributed by atoms with E-state index in [2.05, 4.69) is 47.6 Å². The Morgan fingerprint density at radius 2 is 1.60 bits per heavy atom. The van der Waals surface area contributed by atoms with Crippen LogP contribution in [0.25, 0.3) is 21.7 Å². The highest BCUT2D eigenvalue weighted by atomic mass is 32.1. The number of para-hydroxylation sites is 1. The molecule has 2 aromatic carbocycles. The van der Waals surface area contributed by atoms with Crippen molar-refractivity contribution in [1.82, 2.24) is 45.6 Å². The van der Waals surface area contributed by atoms with Gasteiger partial charge in [0, 0.05) is 87.2 Å². The molecule has 1 saturated carbocycles. The summed E-state index contributed by atoms with van der Waals surface area (Å²) in [5.74, 6) is 0.637. The molecule has 1 aliphatic carbocycles. The van der Waals surface area contributed by atoms with E-state index in [0.717, 1.165) is 97.1 Å². The van der Waals surface area contributed by atoms with Gasteiger partial charge in [0.15, 0.2) is 5.82 Å². The number of amides is 3. The number of nitrogen functional groups attached to an aromatic ring is 1. The number of nitrogens with two attached hydrogens (primary N) is 1. The molecule has 6 heterocycles. The number of fused-ring (bicyclic) bond motifs is 2. The van der Waals surface area contributed by atoms with Crippen molar-refractivity contribution in [3.05, 3.63) is 89.3 Å². The fourth-order valence-corrected chi connectivity index (χ4v) is 11.7. The minimum atomic E-state index is -0.866. The number of thiazole rings is 1. The Labute approximate surface area is 413 Å². The van der Waals surface area contributed by atoms with Gasteiger partial charge in [-0.05, 0) is 93.2 Å². The molecule has 0 radical (unpaired) electrons. The van der Waals surface area contributed by atoms with Gasteiger partial charge in [0.25, 0.3) is 0 Å². The van der Waals surface area contributed by atoms with E-state index in [1.807, 2.05) is 88.1 Å². The molecule has 0 spiro atoms. The lowest BCUT2D eigenvalue weighted by Gasteiger charge is -2.42. The van der Waals surface area contributed by atoms with Crippen LogP contribution in [0, 0.1) is 24.2 Å². The van der Waals surface area contributed by atoms with Gasteiger partial charge in [0.05, 0.1) is 33.6 Å². The van der Waals surface area contributed by atoms with Crippen LogP contribution in [-0.4, -0.2) is 126 Å². The van der Waals surface area contributed by atoms with E-state index < -0.39 is 23.6 Å². The Morgan fingerprint density at radius 3 is 2.26 bits per heavy atom. The minimum Gasteiger partial charge on any atom is -0.507 e. The number of hydrogen-bond donors (Lipinski definition) is 5. The Balaban J connectivity index is 0.736. The van der Waals surface area contributed by atoms with Crippen LogP contribution in [0.4, 0.5) is 17.5 Å². The van der Waals surface area contributed by atoms with Gasteiger partial charge >= 0.3 is 0 Å². The number of hydrogen-bond acceptors (Lipinski definition) is 15. The summed E-state index contributed by atoms with van der Waals surface area (Å²) in [5.41, 5.74) is 13.6. The molecule has 370 valence electrons. The molecule has 70 heavy (non-hydrogen) atoms. The van der Waals surface area contributed by atoms with Crippen molar-refractivity contribution in [1.29, 1.82) is 0 Å². The van der Waals surface area contributed by atoms with Crippen LogP contribution in [0.15, 0.2) is 72.5 Å². The molecule has 3 saturated heterocycles. The highest BCUT2D eigenvalue weighted by Gasteiger charge is 2.46. The molecule has 4 aliphatic rings. The highest BCUT2D eigenvalue weighted by molar-refractivity contribution is 7.13. The fraction of sp³-hybridized carbons (Fsp3) is 0.500. The maximum atomic E-state index is 14.3. The number of rotatable bonds is 14. The Kier molecular flexibility index (Phi) is 14.4. The monoisotopic (exact) mass is 970 g/mol. The van der Waals surface area contributed by atoms with Gasteiger partial charge in [-0.2, -0.15) is 0 Å². The molecule has 2 bridgehead atoms. The molecular formula is C52H66N12O5S. The zero-order valence-electron chi connectivity index (χ0n) is 40.8. The van der Waals surface area contributed by atoms with Crippen molar-refractivity contribution >= 4 is 46.5 Å². The molecule has 3 amide bonds. The van der Waals surface area contributed by atoms with Crippen molar-refractivity contribution < 1.29 is 24.6 Å². The van der Waals surface area contributed by atoms with Crippen LogP contribution in [0.1, 0.15) is 82.5 Å². The number of aromatic hydroxyl groups is 1. The van der Waals surface area contributed by atoms with Crippen LogP contribution >= 0.6 is 11.3 Å². The number of phenolic OH excluding ortho intramolecular Hbond substituents is 1. The van der Waals surface area contributed by atoms with Gasteiger partial charge in [0.1, 0.15) is 17.8 Å². The predicted molar refractivity (Wildman–Crippen MR) is 271 cm³/mol. The summed E-state index contributed by atoms with van der Waals surface area (Å²) in [6.07, 6.45) is 8.45. The van der Waals surface area contributed by atoms with Gasteiger partial charge in [-0.25, -0.2) is 15.0 Å². The lowest BCUT2D eigenvalue weighted by atomic mass is 9.80. The van der Waals surface area contributed by atoms with Crippen molar-refractivity contribution in [3.8, 4) is 27.4 Å². The average molecular weight is 971 g/mol. The quantitative estimate of drug-likeness (QED) is 0.0921. The number of piperazine rings is 1. The third-order valence-electron chi connectivity index (χ3n) is 14.7. The standard InChI is InChI=1S/C52H66N12O5S/c1-31-45(70-30-57-31)35-14-10-32(11-15-35)22-54-49(68)43-20-39(65)29-63(43)50(69)46(52(2,3)4)58-48(67)36-16-12-33(13-17-36)25-61(5)26-34-23-55-51(56-24-34)64-37-18-19-38(64)28-62(27-37)42-21-41(59-60-47(42)53)40-8-6-7-9-44(40)66/h6-11,14-15,21,23-24,30,33,36-39,43,46,65-66H,12-13,16-20,22,25-29H2,1-5H3,(H2,53,60)(H,54,68)(H,58,67)/t33-,36+,37?,38?,39-,43+,46-/m1/s1. The summed E-state index contributed by atoms with van der Waals surface area (Å²) in [6, 6.07) is 15.7. The molecule has 6 N–H and O–H groups in total. The van der Waals surface area contributed by atoms with E-state index in [0.29, 0.717) is 29.5 Å². The van der Waals surface area contributed by atoms with E-state index in [4.69, 9.17) is 15.7 Å². The zero-order chi connectivity index (χ0) is 49.3. The number of carbonyl (C=O) groups is 3. The second kappa shape index (κ2) is 20.6. The summed E-state index contributed by atoms with van der Waals surface area (Å²) < 4.78 is 0. The summed E-state index contributed by atoms with van der Waals surface area (Å²) in [6.45, 7) is 11.1. The maximum absolute atomic E-state index is 14.3. The Bertz CT molecular complexity index is 2640. The highest BCUT2D eigenvalue weighted by Crippen LogP contribution is 2.39. The number of anilines is 3. The molecule has 5 atom stereocenters. The number of aliphatic hydroxyl groups is 1. The lowest BCUT2D eigenvalue weighted by molar-refractivity contribution is -0.144. The van der Waals surface area contributed by atoms with Crippen LogP contribution in [-0.2, 0) is 27.5 Å². The SMILES string of the molecule is Cc1ncsc1-c1ccc(CNC(=O)[C@@H]2C[C@@H](O)CN2C(=O)[C@@H](NC(=O)[C@H]2CC[C@@H](CN(C)Cc3cnc(N4C5CCC4CN(c4cc(-c6ccccc6O)nnc4N)C5)nc3)CC2)C(C)(C)C)cc1. The smallest absolute Gasteiger partial charge is 0.246 e. The summed E-state index contributed by atoms with van der Waals surface area (Å²) in [5, 5.41) is 35.7. The molecule has 9 rings (SSSR count). The predicted octanol–water partition coefficient (Wildman–Crippen LogP) is 5.56. The molecule has 4 fully saturated rings. The molecule has 3 aromatic heterocycles. The van der Waals surface area contributed by atoms with E-state index in [1.165, 1.54) is 4.90 Å². The number of benzene rings is 2. The number of carbonyl (C=O) groups excluding carboxylic acids is 3. The number of aliphatic hydroxyl groups excluding tert-OH is 1. The number of aromatic nitrogens is 5. The second-order valence-electron chi connectivity index (χ2n) is 20.9. The van der Waals surface area contributed by atoms with Gasteiger partial charge < -0.3 is 46.2 Å². The first-order valence-electron chi connectivity index (χ1n) is 24.6. The third-order valence-corrected chi connectivity index (χ3v) is 15.6.